The average Bonchev–Trinajstić information content (AvgIpc) is 2.87. The Hall–Kier alpha value is -2.45. The molecule has 0 aromatic heterocycles. The number of benzene rings is 1. The zero-order valence-corrected chi connectivity index (χ0v) is 24.3. The molecule has 8 nitrogen and oxygen atoms in total. The molecule has 0 spiro atoms. The molecule has 216 valence electrons. The molecule has 0 aliphatic heterocycles. The quantitative estimate of drug-likeness (QED) is 0.198. The predicted molar refractivity (Wildman–Crippen MR) is 153 cm³/mol. The van der Waals surface area contributed by atoms with Crippen molar-refractivity contribution in [2.45, 2.75) is 111 Å². The summed E-state index contributed by atoms with van der Waals surface area (Å²) in [6.45, 7) is 12.7. The van der Waals surface area contributed by atoms with E-state index in [0.717, 1.165) is 18.4 Å². The molecule has 8 heteroatoms. The number of hydrogen-bond donors (Lipinski definition) is 5. The number of aliphatic hydroxyl groups excluding tert-OH is 1. The van der Waals surface area contributed by atoms with E-state index in [0.29, 0.717) is 38.1 Å². The lowest BCUT2D eigenvalue weighted by Crippen LogP contribution is -2.55. The Labute approximate surface area is 229 Å². The van der Waals surface area contributed by atoms with Crippen molar-refractivity contribution in [3.63, 3.8) is 0 Å². The van der Waals surface area contributed by atoms with Crippen molar-refractivity contribution in [1.82, 2.24) is 16.0 Å². The molecule has 3 amide bonds. The summed E-state index contributed by atoms with van der Waals surface area (Å²) in [6.07, 6.45) is 3.00. The lowest BCUT2D eigenvalue weighted by Gasteiger charge is -2.30. The maximum Gasteiger partial charge on any atom is 0.242 e. The first-order chi connectivity index (χ1) is 18.0. The minimum atomic E-state index is -0.890. The molecule has 0 saturated heterocycles. The summed E-state index contributed by atoms with van der Waals surface area (Å²) in [4.78, 5) is 38.9. The van der Waals surface area contributed by atoms with Gasteiger partial charge in [0.2, 0.25) is 17.7 Å². The topological polar surface area (TPSA) is 134 Å². The van der Waals surface area contributed by atoms with Gasteiger partial charge in [0.05, 0.1) is 18.2 Å². The summed E-state index contributed by atoms with van der Waals surface area (Å²) in [6, 6.07) is 7.47. The second-order valence-corrected chi connectivity index (χ2v) is 11.3. The molecule has 1 aromatic rings. The minimum Gasteiger partial charge on any atom is -0.391 e. The molecule has 6 N–H and O–H groups in total. The molecule has 0 radical (unpaired) electrons. The highest BCUT2D eigenvalue weighted by molar-refractivity contribution is 5.90. The summed E-state index contributed by atoms with van der Waals surface area (Å²) >= 11 is 0. The Bertz CT molecular complexity index is 831. The van der Waals surface area contributed by atoms with Crippen LogP contribution in [0.5, 0.6) is 0 Å². The van der Waals surface area contributed by atoms with Gasteiger partial charge in [0.1, 0.15) is 6.04 Å². The van der Waals surface area contributed by atoms with Crippen LogP contribution in [0.3, 0.4) is 0 Å². The van der Waals surface area contributed by atoms with E-state index in [1.54, 1.807) is 0 Å². The molecule has 5 atom stereocenters. The van der Waals surface area contributed by atoms with Gasteiger partial charge in [-0.3, -0.25) is 14.4 Å². The smallest absolute Gasteiger partial charge is 0.242 e. The second kappa shape index (κ2) is 17.9. The molecule has 0 heterocycles. The number of amides is 3. The van der Waals surface area contributed by atoms with Crippen LogP contribution >= 0.6 is 0 Å². The van der Waals surface area contributed by atoms with E-state index in [1.807, 2.05) is 71.9 Å². The highest BCUT2D eigenvalue weighted by atomic mass is 16.3. The molecule has 0 unspecified atom stereocenters. The first-order valence-electron chi connectivity index (χ1n) is 14.3. The van der Waals surface area contributed by atoms with Gasteiger partial charge in [-0.25, -0.2) is 0 Å². The molecule has 0 bridgehead atoms. The van der Waals surface area contributed by atoms with Crippen LogP contribution in [0.15, 0.2) is 30.3 Å². The third-order valence-electron chi connectivity index (χ3n) is 6.71. The SMILES string of the molecule is CCCC[C@H](NC(=O)[C@@H](N)Cc1ccccc1)C(=O)N[C@@H](CC(C)C)[C@@H](O)C[C@H](CC)C(=O)NCC(C)C. The van der Waals surface area contributed by atoms with E-state index in [4.69, 9.17) is 5.73 Å². The van der Waals surface area contributed by atoms with Gasteiger partial charge in [0.25, 0.3) is 0 Å². The highest BCUT2D eigenvalue weighted by Crippen LogP contribution is 2.19. The van der Waals surface area contributed by atoms with E-state index >= 15 is 0 Å². The number of carbonyl (C=O) groups excluding carboxylic acids is 3. The van der Waals surface area contributed by atoms with Crippen molar-refractivity contribution in [1.29, 1.82) is 0 Å². The molecule has 1 rings (SSSR count). The first kappa shape index (κ1) is 33.6. The summed E-state index contributed by atoms with van der Waals surface area (Å²) in [5.41, 5.74) is 7.11. The van der Waals surface area contributed by atoms with E-state index < -0.39 is 24.2 Å². The Kier molecular flexibility index (Phi) is 15.9. The van der Waals surface area contributed by atoms with E-state index in [2.05, 4.69) is 16.0 Å². The van der Waals surface area contributed by atoms with Crippen LogP contribution in [0.2, 0.25) is 0 Å². The summed E-state index contributed by atoms with van der Waals surface area (Å²) in [5, 5.41) is 19.9. The zero-order chi connectivity index (χ0) is 28.7. The van der Waals surface area contributed by atoms with E-state index in [9.17, 15) is 19.5 Å². The summed E-state index contributed by atoms with van der Waals surface area (Å²) < 4.78 is 0. The Morgan fingerprint density at radius 1 is 0.895 bits per heavy atom. The fourth-order valence-electron chi connectivity index (χ4n) is 4.38. The van der Waals surface area contributed by atoms with Gasteiger partial charge in [0.15, 0.2) is 0 Å². The lowest BCUT2D eigenvalue weighted by molar-refractivity contribution is -0.131. The lowest BCUT2D eigenvalue weighted by atomic mass is 9.90. The van der Waals surface area contributed by atoms with Gasteiger partial charge in [-0.15, -0.1) is 0 Å². The molecule has 0 aliphatic carbocycles. The fraction of sp³-hybridized carbons (Fsp3) is 0.700. The van der Waals surface area contributed by atoms with E-state index in [-0.39, 0.29) is 36.0 Å². The standard InChI is InChI=1S/C30H52N4O4/c1-7-9-15-25(33-29(37)24(31)17-22-13-11-10-12-14-22)30(38)34-26(16-20(3)4)27(35)18-23(8-2)28(36)32-19-21(5)6/h10-14,20-21,23-27,35H,7-9,15-19,31H2,1-6H3,(H,32,36)(H,33,37)(H,34,38)/t23-,24-,25-,26-,27-/m0/s1. The fourth-order valence-corrected chi connectivity index (χ4v) is 4.38. The molecule has 38 heavy (non-hydrogen) atoms. The third kappa shape index (κ3) is 12.9. The largest absolute Gasteiger partial charge is 0.391 e. The first-order valence-corrected chi connectivity index (χ1v) is 14.3. The summed E-state index contributed by atoms with van der Waals surface area (Å²) in [7, 11) is 0. The number of carbonyl (C=O) groups is 3. The van der Waals surface area contributed by atoms with Crippen molar-refractivity contribution < 1.29 is 19.5 Å². The number of nitrogens with one attached hydrogen (secondary N) is 3. The number of unbranched alkanes of at least 4 members (excludes halogenated alkanes) is 1. The van der Waals surface area contributed by atoms with Crippen LogP contribution in [0, 0.1) is 17.8 Å². The van der Waals surface area contributed by atoms with Gasteiger partial charge in [-0.1, -0.05) is 84.7 Å². The highest BCUT2D eigenvalue weighted by Gasteiger charge is 2.31. The summed E-state index contributed by atoms with van der Waals surface area (Å²) in [5.74, 6) is -0.574. The Balaban J connectivity index is 2.90. The van der Waals surface area contributed by atoms with Crippen molar-refractivity contribution in [2.75, 3.05) is 6.54 Å². The van der Waals surface area contributed by atoms with Crippen LogP contribution < -0.4 is 21.7 Å². The van der Waals surface area contributed by atoms with Gasteiger partial charge >= 0.3 is 0 Å². The van der Waals surface area contributed by atoms with Gasteiger partial charge < -0.3 is 26.8 Å². The second-order valence-electron chi connectivity index (χ2n) is 11.3. The zero-order valence-electron chi connectivity index (χ0n) is 24.3. The number of nitrogens with two attached hydrogens (primary N) is 1. The molecule has 0 saturated carbocycles. The van der Waals surface area contributed by atoms with Crippen molar-refractivity contribution in [2.24, 2.45) is 23.5 Å². The number of hydrogen-bond acceptors (Lipinski definition) is 5. The molecule has 0 fully saturated rings. The number of rotatable bonds is 18. The maximum atomic E-state index is 13.4. The van der Waals surface area contributed by atoms with Crippen LogP contribution in [-0.4, -0.2) is 53.6 Å². The van der Waals surface area contributed by atoms with Crippen molar-refractivity contribution >= 4 is 17.7 Å². The maximum absolute atomic E-state index is 13.4. The van der Waals surface area contributed by atoms with Crippen LogP contribution in [0.1, 0.15) is 85.6 Å². The average molecular weight is 533 g/mol. The monoisotopic (exact) mass is 532 g/mol. The number of aliphatic hydroxyl groups is 1. The molecule has 0 aliphatic rings. The predicted octanol–water partition coefficient (Wildman–Crippen LogP) is 3.31. The van der Waals surface area contributed by atoms with Gasteiger partial charge in [-0.2, -0.15) is 0 Å². The van der Waals surface area contributed by atoms with Crippen LogP contribution in [0.25, 0.3) is 0 Å². The van der Waals surface area contributed by atoms with Crippen molar-refractivity contribution in [3.05, 3.63) is 35.9 Å². The Morgan fingerprint density at radius 2 is 1.55 bits per heavy atom. The van der Waals surface area contributed by atoms with Crippen LogP contribution in [0.4, 0.5) is 0 Å². The molecular weight excluding hydrogens is 480 g/mol. The van der Waals surface area contributed by atoms with Gasteiger partial charge in [0, 0.05) is 12.5 Å². The Morgan fingerprint density at radius 3 is 2.11 bits per heavy atom. The van der Waals surface area contributed by atoms with E-state index in [1.165, 1.54) is 0 Å². The van der Waals surface area contributed by atoms with Crippen LogP contribution in [-0.2, 0) is 20.8 Å². The molecular formula is C30H52N4O4. The van der Waals surface area contributed by atoms with Gasteiger partial charge in [-0.05, 0) is 49.5 Å². The molecule has 1 aromatic carbocycles. The normalized spacial score (nSPS) is 15.4. The third-order valence-corrected chi connectivity index (χ3v) is 6.71. The minimum absolute atomic E-state index is 0.0737. The van der Waals surface area contributed by atoms with Crippen molar-refractivity contribution in [3.8, 4) is 0 Å².